The number of urea groups is 1. The molecule has 3 amide bonds. The number of aliphatic hydroxyl groups excluding tert-OH is 1. The Labute approximate surface area is 197 Å². The molecule has 1 aliphatic rings. The standard InChI is InChI=1S/C27H26FN3O3/c28-23-12-13-25-21(16-23)5-3-7-26(33)31(25)18-19-8-10-20(11-9-19)24-6-2-1-4-22(24)17-30-27(34)29-14-15-32/h1-4,6-13,16,32H,5,14-15,17-18H2,(H2,29,30,34). The predicted molar refractivity (Wildman–Crippen MR) is 130 cm³/mol. The van der Waals surface area contributed by atoms with Crippen molar-refractivity contribution in [1.29, 1.82) is 0 Å². The van der Waals surface area contributed by atoms with Crippen LogP contribution in [0.15, 0.2) is 78.9 Å². The number of amides is 3. The van der Waals surface area contributed by atoms with E-state index in [1.165, 1.54) is 18.2 Å². The Kier molecular flexibility index (Phi) is 7.34. The number of anilines is 1. The molecule has 3 aromatic carbocycles. The fourth-order valence-electron chi connectivity index (χ4n) is 3.98. The van der Waals surface area contributed by atoms with E-state index in [2.05, 4.69) is 10.6 Å². The molecule has 174 valence electrons. The van der Waals surface area contributed by atoms with Crippen LogP contribution in [0.5, 0.6) is 0 Å². The summed E-state index contributed by atoms with van der Waals surface area (Å²) in [6.07, 6.45) is 3.81. The average Bonchev–Trinajstić information content (AvgIpc) is 3.00. The Morgan fingerprint density at radius 2 is 1.82 bits per heavy atom. The minimum atomic E-state index is -0.337. The average molecular weight is 460 g/mol. The smallest absolute Gasteiger partial charge is 0.315 e. The number of carbonyl (C=O) groups excluding carboxylic acids is 2. The molecule has 0 saturated carbocycles. The second kappa shape index (κ2) is 10.8. The minimum absolute atomic E-state index is 0.113. The molecule has 0 spiro atoms. The van der Waals surface area contributed by atoms with Crippen molar-refractivity contribution >= 4 is 17.6 Å². The fraction of sp³-hybridized carbons (Fsp3) is 0.185. The van der Waals surface area contributed by atoms with Gasteiger partial charge in [0.1, 0.15) is 5.82 Å². The van der Waals surface area contributed by atoms with Crippen LogP contribution in [0.4, 0.5) is 14.9 Å². The van der Waals surface area contributed by atoms with Gasteiger partial charge in [0.25, 0.3) is 5.91 Å². The number of nitrogens with zero attached hydrogens (tertiary/aromatic N) is 1. The molecule has 6 nitrogen and oxygen atoms in total. The van der Waals surface area contributed by atoms with Gasteiger partial charge in [0.15, 0.2) is 0 Å². The first-order chi connectivity index (χ1) is 16.5. The molecular weight excluding hydrogens is 433 g/mol. The number of rotatable bonds is 7. The van der Waals surface area contributed by atoms with Crippen LogP contribution in [0.25, 0.3) is 11.1 Å². The summed E-state index contributed by atoms with van der Waals surface area (Å²) in [5.74, 6) is -0.449. The van der Waals surface area contributed by atoms with Gasteiger partial charge in [0.2, 0.25) is 0 Å². The van der Waals surface area contributed by atoms with Crippen LogP contribution in [-0.2, 0) is 24.3 Å². The van der Waals surface area contributed by atoms with Crippen molar-refractivity contribution in [2.75, 3.05) is 18.1 Å². The van der Waals surface area contributed by atoms with Gasteiger partial charge in [-0.1, -0.05) is 54.6 Å². The number of fused-ring (bicyclic) bond motifs is 1. The van der Waals surface area contributed by atoms with E-state index in [4.69, 9.17) is 5.11 Å². The molecule has 3 aromatic rings. The highest BCUT2D eigenvalue weighted by molar-refractivity contribution is 6.02. The Bertz CT molecular complexity index is 1210. The molecule has 0 fully saturated rings. The molecule has 4 rings (SSSR count). The van der Waals surface area contributed by atoms with E-state index >= 15 is 0 Å². The summed E-state index contributed by atoms with van der Waals surface area (Å²) < 4.78 is 13.7. The minimum Gasteiger partial charge on any atom is -0.395 e. The number of halogens is 1. The van der Waals surface area contributed by atoms with E-state index in [0.717, 1.165) is 33.5 Å². The molecule has 0 saturated heterocycles. The molecule has 1 heterocycles. The largest absolute Gasteiger partial charge is 0.395 e. The molecule has 34 heavy (non-hydrogen) atoms. The Morgan fingerprint density at radius 1 is 1.03 bits per heavy atom. The molecule has 0 unspecified atom stereocenters. The lowest BCUT2D eigenvalue weighted by atomic mass is 9.98. The van der Waals surface area contributed by atoms with Crippen molar-refractivity contribution in [3.05, 3.63) is 101 Å². The van der Waals surface area contributed by atoms with E-state index < -0.39 is 0 Å². The molecule has 0 aromatic heterocycles. The molecule has 1 aliphatic heterocycles. The topological polar surface area (TPSA) is 81.7 Å². The summed E-state index contributed by atoms with van der Waals surface area (Å²) in [7, 11) is 0. The SMILES string of the molecule is O=C(NCCO)NCc1ccccc1-c1ccc(CN2C(=O)C=CCc3cc(F)ccc32)cc1. The number of nitrogens with one attached hydrogen (secondary N) is 2. The summed E-state index contributed by atoms with van der Waals surface area (Å²) >= 11 is 0. The van der Waals surface area contributed by atoms with Crippen LogP contribution in [0.1, 0.15) is 16.7 Å². The molecule has 0 bridgehead atoms. The number of aliphatic hydroxyl groups is 1. The molecule has 0 aliphatic carbocycles. The maximum Gasteiger partial charge on any atom is 0.315 e. The van der Waals surface area contributed by atoms with Gasteiger partial charge in [-0.3, -0.25) is 4.79 Å². The quantitative estimate of drug-likeness (QED) is 0.501. The lowest BCUT2D eigenvalue weighted by Gasteiger charge is -2.23. The zero-order valence-corrected chi connectivity index (χ0v) is 18.6. The van der Waals surface area contributed by atoms with Crippen LogP contribution >= 0.6 is 0 Å². The Hall–Kier alpha value is -3.97. The van der Waals surface area contributed by atoms with Crippen LogP contribution in [-0.4, -0.2) is 30.2 Å². The fourth-order valence-corrected chi connectivity index (χ4v) is 3.98. The van der Waals surface area contributed by atoms with E-state index in [1.54, 1.807) is 17.0 Å². The maximum atomic E-state index is 13.7. The first-order valence-electron chi connectivity index (χ1n) is 11.1. The zero-order valence-electron chi connectivity index (χ0n) is 18.6. The molecule has 0 radical (unpaired) electrons. The van der Waals surface area contributed by atoms with Crippen molar-refractivity contribution in [1.82, 2.24) is 10.6 Å². The van der Waals surface area contributed by atoms with Gasteiger partial charge in [0.05, 0.1) is 13.2 Å². The predicted octanol–water partition coefficient (Wildman–Crippen LogP) is 3.93. The van der Waals surface area contributed by atoms with Gasteiger partial charge in [-0.2, -0.15) is 0 Å². The number of hydrogen-bond donors (Lipinski definition) is 3. The second-order valence-corrected chi connectivity index (χ2v) is 7.99. The summed E-state index contributed by atoms with van der Waals surface area (Å²) in [5, 5.41) is 14.2. The van der Waals surface area contributed by atoms with Gasteiger partial charge >= 0.3 is 6.03 Å². The van der Waals surface area contributed by atoms with Crippen molar-refractivity contribution in [2.24, 2.45) is 0 Å². The van der Waals surface area contributed by atoms with Gasteiger partial charge in [0, 0.05) is 18.8 Å². The van der Waals surface area contributed by atoms with Gasteiger partial charge in [-0.05, 0) is 58.5 Å². The highest BCUT2D eigenvalue weighted by atomic mass is 19.1. The number of carbonyl (C=O) groups is 2. The molecule has 0 atom stereocenters. The second-order valence-electron chi connectivity index (χ2n) is 7.99. The third-order valence-corrected chi connectivity index (χ3v) is 5.66. The summed E-state index contributed by atoms with van der Waals surface area (Å²) in [6.45, 7) is 0.801. The van der Waals surface area contributed by atoms with E-state index in [9.17, 15) is 14.0 Å². The van der Waals surface area contributed by atoms with Gasteiger partial charge in [-0.15, -0.1) is 0 Å². The van der Waals surface area contributed by atoms with E-state index in [-0.39, 0.29) is 30.9 Å². The van der Waals surface area contributed by atoms with Crippen LogP contribution < -0.4 is 15.5 Å². The van der Waals surface area contributed by atoms with Crippen molar-refractivity contribution in [2.45, 2.75) is 19.5 Å². The number of hydrogen-bond acceptors (Lipinski definition) is 3. The summed E-state index contributed by atoms with van der Waals surface area (Å²) in [5.41, 5.74) is 5.38. The van der Waals surface area contributed by atoms with Crippen molar-refractivity contribution in [3.8, 4) is 11.1 Å². The third kappa shape index (κ3) is 5.50. The van der Waals surface area contributed by atoms with Crippen molar-refractivity contribution in [3.63, 3.8) is 0 Å². The summed E-state index contributed by atoms with van der Waals surface area (Å²) in [4.78, 5) is 26.2. The van der Waals surface area contributed by atoms with Crippen LogP contribution in [0.3, 0.4) is 0 Å². The first-order valence-corrected chi connectivity index (χ1v) is 11.1. The first kappa shape index (κ1) is 23.2. The molecule has 7 heteroatoms. The highest BCUT2D eigenvalue weighted by Gasteiger charge is 2.20. The lowest BCUT2D eigenvalue weighted by molar-refractivity contribution is -0.114. The highest BCUT2D eigenvalue weighted by Crippen LogP contribution is 2.28. The number of allylic oxidation sites excluding steroid dienone is 1. The monoisotopic (exact) mass is 459 g/mol. The normalized spacial score (nSPS) is 12.8. The van der Waals surface area contributed by atoms with E-state index in [0.29, 0.717) is 19.5 Å². The van der Waals surface area contributed by atoms with Crippen LogP contribution in [0, 0.1) is 5.82 Å². The molecule has 3 N–H and O–H groups in total. The van der Waals surface area contributed by atoms with Crippen molar-refractivity contribution < 1.29 is 19.1 Å². The van der Waals surface area contributed by atoms with Crippen LogP contribution in [0.2, 0.25) is 0 Å². The van der Waals surface area contributed by atoms with Gasteiger partial charge < -0.3 is 20.6 Å². The molecular formula is C27H26FN3O3. The summed E-state index contributed by atoms with van der Waals surface area (Å²) in [6, 6.07) is 19.9. The third-order valence-electron chi connectivity index (χ3n) is 5.66. The Balaban J connectivity index is 1.51. The number of benzene rings is 3. The Morgan fingerprint density at radius 3 is 2.62 bits per heavy atom. The van der Waals surface area contributed by atoms with E-state index in [1.807, 2.05) is 48.5 Å². The lowest BCUT2D eigenvalue weighted by Crippen LogP contribution is -2.36. The van der Waals surface area contributed by atoms with Gasteiger partial charge in [-0.25, -0.2) is 9.18 Å². The zero-order chi connectivity index (χ0) is 23.9. The maximum absolute atomic E-state index is 13.7.